The van der Waals surface area contributed by atoms with Gasteiger partial charge in [-0.25, -0.2) is 10.9 Å². The highest BCUT2D eigenvalue weighted by Crippen LogP contribution is 2.15. The predicted molar refractivity (Wildman–Crippen MR) is 130 cm³/mol. The molecule has 176 valence electrons. The molecule has 2 amide bonds. The number of nitrogens with zero attached hydrogens (tertiary/aromatic N) is 2. The van der Waals surface area contributed by atoms with Crippen molar-refractivity contribution in [3.05, 3.63) is 59.7 Å². The molecule has 0 unspecified atom stereocenters. The summed E-state index contributed by atoms with van der Waals surface area (Å²) >= 11 is 0. The minimum absolute atomic E-state index is 0.117. The smallest absolute Gasteiger partial charge is 0.240 e. The zero-order chi connectivity index (χ0) is 23.7. The van der Waals surface area contributed by atoms with Crippen LogP contribution in [0.2, 0.25) is 0 Å². The van der Waals surface area contributed by atoms with Crippen LogP contribution < -0.4 is 20.3 Å². The lowest BCUT2D eigenvalue weighted by Crippen LogP contribution is -2.17. The molecule has 0 bridgehead atoms. The Balaban J connectivity index is 1.51. The van der Waals surface area contributed by atoms with Gasteiger partial charge < -0.3 is 9.47 Å². The molecule has 0 saturated carbocycles. The molecule has 8 nitrogen and oxygen atoms in total. The molecule has 0 aliphatic rings. The third-order valence-corrected chi connectivity index (χ3v) is 4.87. The maximum Gasteiger partial charge on any atom is 0.240 e. The summed E-state index contributed by atoms with van der Waals surface area (Å²) in [7, 11) is 3.19. The second kappa shape index (κ2) is 15.2. The van der Waals surface area contributed by atoms with Crippen molar-refractivity contribution >= 4 is 24.2 Å². The Morgan fingerprint density at radius 1 is 0.697 bits per heavy atom. The van der Waals surface area contributed by atoms with Gasteiger partial charge in [0, 0.05) is 24.0 Å². The van der Waals surface area contributed by atoms with Crippen LogP contribution in [0.1, 0.15) is 56.1 Å². The van der Waals surface area contributed by atoms with Crippen LogP contribution in [0, 0.1) is 0 Å². The summed E-state index contributed by atoms with van der Waals surface area (Å²) in [5.74, 6) is 1.17. The van der Waals surface area contributed by atoms with Gasteiger partial charge in [-0.2, -0.15) is 10.2 Å². The molecule has 0 aromatic heterocycles. The quantitative estimate of drug-likeness (QED) is 0.257. The van der Waals surface area contributed by atoms with Crippen molar-refractivity contribution in [3.63, 3.8) is 0 Å². The lowest BCUT2D eigenvalue weighted by molar-refractivity contribution is -0.121. The lowest BCUT2D eigenvalue weighted by atomic mass is 10.1. The fraction of sp³-hybridized carbons (Fsp3) is 0.360. The van der Waals surface area contributed by atoms with Gasteiger partial charge in [0.05, 0.1) is 26.6 Å². The number of hydrazone groups is 2. The van der Waals surface area contributed by atoms with Crippen molar-refractivity contribution in [1.29, 1.82) is 0 Å². The molecule has 0 atom stereocenters. The number of benzene rings is 2. The second-order valence-electron chi connectivity index (χ2n) is 7.34. The molecular weight excluding hydrogens is 420 g/mol. The molecule has 0 aliphatic heterocycles. The first-order chi connectivity index (χ1) is 16.1. The standard InChI is InChI=1S/C25H32N4O4/c1-32-22-14-10-8-12-20(22)18-26-28-24(30)16-6-4-3-5-7-17-25(31)29-27-19-21-13-9-11-15-23(21)33-2/h8-15,18-19H,3-7,16-17H2,1-2H3,(H,28,30)(H,29,31)/b26-18-,27-19-. The van der Waals surface area contributed by atoms with E-state index in [2.05, 4.69) is 21.1 Å². The van der Waals surface area contributed by atoms with Crippen LogP contribution in [-0.4, -0.2) is 38.5 Å². The molecule has 0 aliphatic carbocycles. The van der Waals surface area contributed by atoms with E-state index >= 15 is 0 Å². The van der Waals surface area contributed by atoms with E-state index < -0.39 is 0 Å². The Morgan fingerprint density at radius 2 is 1.09 bits per heavy atom. The Bertz CT molecular complexity index is 868. The number of carbonyl (C=O) groups is 2. The summed E-state index contributed by atoms with van der Waals surface area (Å²) in [6.07, 6.45) is 8.37. The topological polar surface area (TPSA) is 101 Å². The molecule has 2 rings (SSSR count). The highest BCUT2D eigenvalue weighted by Gasteiger charge is 2.03. The van der Waals surface area contributed by atoms with Gasteiger partial charge in [0.25, 0.3) is 0 Å². The van der Waals surface area contributed by atoms with Crippen molar-refractivity contribution in [2.45, 2.75) is 44.9 Å². The summed E-state index contributed by atoms with van der Waals surface area (Å²) in [5, 5.41) is 7.97. The lowest BCUT2D eigenvalue weighted by Gasteiger charge is -2.04. The second-order valence-corrected chi connectivity index (χ2v) is 7.34. The van der Waals surface area contributed by atoms with Crippen molar-refractivity contribution in [2.75, 3.05) is 14.2 Å². The van der Waals surface area contributed by atoms with E-state index in [1.807, 2.05) is 48.5 Å². The fourth-order valence-electron chi connectivity index (χ4n) is 3.11. The average molecular weight is 453 g/mol. The third kappa shape index (κ3) is 9.99. The number of nitrogens with one attached hydrogen (secondary N) is 2. The molecule has 2 aromatic carbocycles. The Labute approximate surface area is 195 Å². The zero-order valence-electron chi connectivity index (χ0n) is 19.3. The van der Waals surface area contributed by atoms with Gasteiger partial charge >= 0.3 is 0 Å². The van der Waals surface area contributed by atoms with Crippen LogP contribution in [0.3, 0.4) is 0 Å². The predicted octanol–water partition coefficient (Wildman–Crippen LogP) is 4.03. The maximum absolute atomic E-state index is 11.9. The van der Waals surface area contributed by atoms with Gasteiger partial charge in [0.1, 0.15) is 11.5 Å². The number of amides is 2. The van der Waals surface area contributed by atoms with Gasteiger partial charge in [0.15, 0.2) is 0 Å². The highest BCUT2D eigenvalue weighted by molar-refractivity contribution is 5.85. The normalized spacial score (nSPS) is 11.0. The Kier molecular flexibility index (Phi) is 11.8. The van der Waals surface area contributed by atoms with Crippen LogP contribution in [0.15, 0.2) is 58.7 Å². The number of para-hydroxylation sites is 2. The van der Waals surface area contributed by atoms with Crippen molar-refractivity contribution in [2.24, 2.45) is 10.2 Å². The summed E-state index contributed by atoms with van der Waals surface area (Å²) < 4.78 is 10.5. The number of hydrogen-bond acceptors (Lipinski definition) is 6. The Hall–Kier alpha value is -3.68. The van der Waals surface area contributed by atoms with Crippen LogP contribution >= 0.6 is 0 Å². The SMILES string of the molecule is COc1ccccc1/C=N\NC(=O)CCCCCCCC(=O)N/N=C\c1ccccc1OC. The monoisotopic (exact) mass is 452 g/mol. The maximum atomic E-state index is 11.9. The van der Waals surface area contributed by atoms with Crippen LogP contribution in [-0.2, 0) is 9.59 Å². The summed E-state index contributed by atoms with van der Waals surface area (Å²) in [6.45, 7) is 0. The molecule has 2 N–H and O–H groups in total. The van der Waals surface area contributed by atoms with E-state index in [1.165, 1.54) is 0 Å². The zero-order valence-corrected chi connectivity index (χ0v) is 19.3. The summed E-state index contributed by atoms with van der Waals surface area (Å²) in [5.41, 5.74) is 6.68. The number of rotatable bonds is 14. The van der Waals surface area contributed by atoms with Crippen molar-refractivity contribution in [1.82, 2.24) is 10.9 Å². The van der Waals surface area contributed by atoms with Crippen molar-refractivity contribution in [3.8, 4) is 11.5 Å². The Morgan fingerprint density at radius 3 is 1.52 bits per heavy atom. The van der Waals surface area contributed by atoms with Gasteiger partial charge in [0.2, 0.25) is 11.8 Å². The van der Waals surface area contributed by atoms with Crippen LogP contribution in [0.25, 0.3) is 0 Å². The third-order valence-electron chi connectivity index (χ3n) is 4.87. The molecule has 0 radical (unpaired) electrons. The van der Waals surface area contributed by atoms with Gasteiger partial charge in [-0.15, -0.1) is 0 Å². The first kappa shape index (κ1) is 25.6. The van der Waals surface area contributed by atoms with Crippen LogP contribution in [0.5, 0.6) is 11.5 Å². The number of hydrogen-bond donors (Lipinski definition) is 2. The van der Waals surface area contributed by atoms with Crippen molar-refractivity contribution < 1.29 is 19.1 Å². The molecule has 33 heavy (non-hydrogen) atoms. The van der Waals surface area contributed by atoms with E-state index in [0.717, 1.165) is 43.2 Å². The molecule has 2 aromatic rings. The van der Waals surface area contributed by atoms with Gasteiger partial charge in [-0.3, -0.25) is 9.59 Å². The summed E-state index contributed by atoms with van der Waals surface area (Å²) in [4.78, 5) is 23.8. The number of ether oxygens (including phenoxy) is 2. The molecular formula is C25H32N4O4. The molecule has 0 heterocycles. The minimum Gasteiger partial charge on any atom is -0.496 e. The summed E-state index contributed by atoms with van der Waals surface area (Å²) in [6, 6.07) is 14.9. The molecule has 0 saturated heterocycles. The first-order valence-electron chi connectivity index (χ1n) is 11.0. The fourth-order valence-corrected chi connectivity index (χ4v) is 3.11. The number of carbonyl (C=O) groups excluding carboxylic acids is 2. The molecule has 0 spiro atoms. The van der Waals surface area contributed by atoms with E-state index in [9.17, 15) is 9.59 Å². The van der Waals surface area contributed by atoms with E-state index in [-0.39, 0.29) is 11.8 Å². The van der Waals surface area contributed by atoms with E-state index in [1.54, 1.807) is 26.6 Å². The van der Waals surface area contributed by atoms with Gasteiger partial charge in [-0.05, 0) is 37.1 Å². The average Bonchev–Trinajstić information content (AvgIpc) is 2.84. The highest BCUT2D eigenvalue weighted by atomic mass is 16.5. The molecule has 8 heteroatoms. The minimum atomic E-state index is -0.117. The van der Waals surface area contributed by atoms with Crippen LogP contribution in [0.4, 0.5) is 0 Å². The largest absolute Gasteiger partial charge is 0.496 e. The molecule has 0 fully saturated rings. The number of methoxy groups -OCH3 is 2. The van der Waals surface area contributed by atoms with E-state index in [4.69, 9.17) is 9.47 Å². The first-order valence-corrected chi connectivity index (χ1v) is 11.0. The van der Waals surface area contributed by atoms with E-state index in [0.29, 0.717) is 24.3 Å². The number of unbranched alkanes of at least 4 members (excludes halogenated alkanes) is 4. The van der Waals surface area contributed by atoms with Gasteiger partial charge in [-0.1, -0.05) is 43.5 Å².